The lowest BCUT2D eigenvalue weighted by Gasteiger charge is -2.32. The Morgan fingerprint density at radius 1 is 0.672 bits per heavy atom. The largest absolute Gasteiger partial charge is 0.498 e. The third-order valence-electron chi connectivity index (χ3n) is 9.18. The summed E-state index contributed by atoms with van der Waals surface area (Å²) in [4.78, 5) is 22.0. The fourth-order valence-electron chi connectivity index (χ4n) is 5.65. The van der Waals surface area contributed by atoms with Gasteiger partial charge in [-0.3, -0.25) is 0 Å². The fraction of sp³-hybridized carbons (Fsp3) is 0.211. The van der Waals surface area contributed by atoms with Gasteiger partial charge in [0.05, 0.1) is 40.9 Å². The fourth-order valence-corrected chi connectivity index (χ4v) is 6.11. The molecule has 8 aromatic rings. The third kappa shape index (κ3) is 8.29. The average Bonchev–Trinajstić information content (AvgIpc) is 4.00. The van der Waals surface area contributed by atoms with E-state index in [-0.39, 0.29) is 40.4 Å². The van der Waals surface area contributed by atoms with Crippen LogP contribution < -0.4 is 5.46 Å². The molecule has 0 unspecified atom stereocenters. The van der Waals surface area contributed by atoms with E-state index in [1.807, 2.05) is 27.7 Å². The monoisotopic (exact) mass is 864 g/mol. The first-order valence-corrected chi connectivity index (χ1v) is 18.2. The van der Waals surface area contributed by atoms with Crippen molar-refractivity contribution in [3.8, 4) is 0 Å². The number of carboxylic acids is 1. The van der Waals surface area contributed by atoms with Gasteiger partial charge in [0.1, 0.15) is 56.5 Å². The molecule has 9 heterocycles. The highest BCUT2D eigenvalue weighted by Gasteiger charge is 2.52. The standard InChI is InChI=1S/C13H16BFN2O2.C10H9FN2O2.C8H5FN2O2.C7H4BrFN2/c1-12(2)13(3,4)19-14(18-12)9-8-16-17-7-5-6-10(15)11(9)17;1-2-15-10(14)7-6-12-13-5-3-4-8(11)9(7)13;9-6-2-1-3-11-7(6)5(4-10-11)8(12)13;8-5-4-10-11-3-1-2-6(9)7(5)11/h5-8H,1-4H3;3-6H,2H2,1H3;1-4H,(H,12,13);1-4H. The first-order valence-electron chi connectivity index (χ1n) is 17.4. The number of hydrogen-bond acceptors (Lipinski definition) is 9. The van der Waals surface area contributed by atoms with Crippen LogP contribution in [0.2, 0.25) is 0 Å². The van der Waals surface area contributed by atoms with Gasteiger partial charge in [-0.1, -0.05) is 0 Å². The van der Waals surface area contributed by atoms with Gasteiger partial charge in [0.2, 0.25) is 0 Å². The van der Waals surface area contributed by atoms with Crippen LogP contribution in [0.25, 0.3) is 22.1 Å². The van der Waals surface area contributed by atoms with Crippen molar-refractivity contribution in [3.63, 3.8) is 0 Å². The molecule has 1 aliphatic heterocycles. The number of aromatic carboxylic acids is 1. The van der Waals surface area contributed by atoms with Crippen LogP contribution in [-0.2, 0) is 14.0 Å². The number of halogens is 5. The molecular weight excluding hydrogens is 831 g/mol. The van der Waals surface area contributed by atoms with E-state index in [4.69, 9.17) is 19.2 Å². The Kier molecular flexibility index (Phi) is 12.0. The lowest BCUT2D eigenvalue weighted by atomic mass is 9.80. The van der Waals surface area contributed by atoms with Crippen LogP contribution in [0, 0.1) is 23.3 Å². The van der Waals surface area contributed by atoms with E-state index >= 15 is 0 Å². The Morgan fingerprint density at radius 2 is 1.07 bits per heavy atom. The predicted molar refractivity (Wildman–Crippen MR) is 207 cm³/mol. The zero-order valence-corrected chi connectivity index (χ0v) is 33.1. The Bertz CT molecular complexity index is 2750. The smallest absolute Gasteiger partial charge is 0.478 e. The second kappa shape index (κ2) is 16.8. The molecule has 58 heavy (non-hydrogen) atoms. The molecule has 1 fully saturated rings. The molecule has 0 radical (unpaired) electrons. The molecule has 0 saturated carbocycles. The predicted octanol–water partition coefficient (Wildman–Crippen LogP) is 6.83. The number of fused-ring (bicyclic) bond motifs is 4. The van der Waals surface area contributed by atoms with Gasteiger partial charge >= 0.3 is 19.1 Å². The minimum Gasteiger partial charge on any atom is -0.478 e. The van der Waals surface area contributed by atoms with Crippen LogP contribution in [0.1, 0.15) is 55.3 Å². The number of carbonyl (C=O) groups excluding carboxylic acids is 1. The number of pyridine rings is 4. The van der Waals surface area contributed by atoms with Gasteiger partial charge in [0, 0.05) is 36.4 Å². The number of ether oxygens (including phenoxy) is 1. The van der Waals surface area contributed by atoms with E-state index in [0.717, 1.165) is 6.20 Å². The molecule has 0 aliphatic carbocycles. The molecule has 0 atom stereocenters. The van der Waals surface area contributed by atoms with E-state index in [1.165, 1.54) is 66.9 Å². The van der Waals surface area contributed by atoms with Crippen molar-refractivity contribution in [1.29, 1.82) is 0 Å². The SMILES string of the molecule is CC1(C)OB(c2cnn3cccc(F)c23)OC1(C)C.CCOC(=O)c1cnn2cccc(F)c12.Fc1cccn2ncc(Br)c12.O=C(O)c1cnn2cccc(F)c12. The maximum Gasteiger partial charge on any atom is 0.498 e. The molecule has 8 aromatic heterocycles. The van der Waals surface area contributed by atoms with Crippen LogP contribution in [0.15, 0.2) is 103 Å². The molecule has 20 heteroatoms. The Balaban J connectivity index is 0.000000133. The van der Waals surface area contributed by atoms with E-state index in [1.54, 1.807) is 50.0 Å². The number of carboxylic acid groups (broad SMARTS) is 1. The van der Waals surface area contributed by atoms with Crippen molar-refractivity contribution in [1.82, 2.24) is 38.5 Å². The summed E-state index contributed by atoms with van der Waals surface area (Å²) in [6.07, 6.45) is 12.1. The summed E-state index contributed by atoms with van der Waals surface area (Å²) in [6, 6.07) is 11.5. The molecule has 1 N–H and O–H groups in total. The van der Waals surface area contributed by atoms with E-state index in [9.17, 15) is 27.2 Å². The van der Waals surface area contributed by atoms with Gasteiger partial charge in [0.15, 0.2) is 0 Å². The van der Waals surface area contributed by atoms with Gasteiger partial charge in [-0.25, -0.2) is 45.2 Å². The van der Waals surface area contributed by atoms with Gasteiger partial charge in [-0.05, 0) is 99.1 Å². The van der Waals surface area contributed by atoms with Gasteiger partial charge in [0.25, 0.3) is 0 Å². The van der Waals surface area contributed by atoms with Crippen molar-refractivity contribution < 1.29 is 46.3 Å². The highest BCUT2D eigenvalue weighted by Crippen LogP contribution is 2.37. The van der Waals surface area contributed by atoms with Crippen molar-refractivity contribution in [2.45, 2.75) is 45.8 Å². The van der Waals surface area contributed by atoms with Gasteiger partial charge in [-0.2, -0.15) is 20.4 Å². The Hall–Kier alpha value is -6.12. The van der Waals surface area contributed by atoms with Gasteiger partial charge < -0.3 is 19.2 Å². The van der Waals surface area contributed by atoms with Crippen LogP contribution >= 0.6 is 15.9 Å². The minimum atomic E-state index is -1.18. The lowest BCUT2D eigenvalue weighted by Crippen LogP contribution is -2.41. The summed E-state index contributed by atoms with van der Waals surface area (Å²) in [5.74, 6) is -3.41. The van der Waals surface area contributed by atoms with E-state index in [0.29, 0.717) is 21.0 Å². The number of carbonyl (C=O) groups is 2. The van der Waals surface area contributed by atoms with Crippen molar-refractivity contribution in [2.75, 3.05) is 6.61 Å². The van der Waals surface area contributed by atoms with Crippen LogP contribution in [0.5, 0.6) is 0 Å². The minimum absolute atomic E-state index is 0.00463. The maximum absolute atomic E-state index is 13.9. The molecular formula is C38H34BBrF4N8O6. The summed E-state index contributed by atoms with van der Waals surface area (Å²) >= 11 is 3.19. The highest BCUT2D eigenvalue weighted by molar-refractivity contribution is 9.10. The zero-order valence-electron chi connectivity index (χ0n) is 31.5. The van der Waals surface area contributed by atoms with Crippen molar-refractivity contribution >= 4 is 62.5 Å². The molecule has 1 aliphatic rings. The Labute approximate surface area is 335 Å². The second-order valence-electron chi connectivity index (χ2n) is 13.4. The summed E-state index contributed by atoms with van der Waals surface area (Å²) in [7, 11) is -0.598. The van der Waals surface area contributed by atoms with Gasteiger partial charge in [-0.15, -0.1) is 0 Å². The maximum atomic E-state index is 13.9. The van der Waals surface area contributed by atoms with Crippen molar-refractivity contribution in [2.24, 2.45) is 0 Å². The summed E-state index contributed by atoms with van der Waals surface area (Å²) < 4.78 is 76.3. The average molecular weight is 865 g/mol. The Morgan fingerprint density at radius 3 is 1.55 bits per heavy atom. The second-order valence-corrected chi connectivity index (χ2v) is 14.3. The van der Waals surface area contributed by atoms with E-state index < -0.39 is 41.9 Å². The molecule has 14 nitrogen and oxygen atoms in total. The molecule has 9 rings (SSSR count). The molecule has 0 spiro atoms. The number of hydrogen-bond donors (Lipinski definition) is 1. The number of rotatable bonds is 4. The first kappa shape index (κ1) is 41.5. The normalized spacial score (nSPS) is 14.1. The van der Waals surface area contributed by atoms with Crippen LogP contribution in [0.3, 0.4) is 0 Å². The lowest BCUT2D eigenvalue weighted by molar-refractivity contribution is 0.00578. The first-order chi connectivity index (χ1) is 27.5. The van der Waals surface area contributed by atoms with E-state index in [2.05, 4.69) is 36.3 Å². The quantitative estimate of drug-likeness (QED) is 0.113. The molecule has 300 valence electrons. The van der Waals surface area contributed by atoms with Crippen LogP contribution in [-0.4, -0.2) is 80.4 Å². The molecule has 0 bridgehead atoms. The molecule has 1 saturated heterocycles. The highest BCUT2D eigenvalue weighted by atomic mass is 79.9. The molecule has 0 aromatic carbocycles. The van der Waals surface area contributed by atoms with Crippen molar-refractivity contribution in [3.05, 3.63) is 137 Å². The third-order valence-corrected chi connectivity index (χ3v) is 9.76. The number of nitrogens with zero attached hydrogens (tertiary/aromatic N) is 8. The number of esters is 1. The summed E-state index contributed by atoms with van der Waals surface area (Å²) in [6.45, 7) is 9.82. The topological polar surface area (TPSA) is 151 Å². The van der Waals surface area contributed by atoms with Crippen LogP contribution in [0.4, 0.5) is 17.6 Å². The summed E-state index contributed by atoms with van der Waals surface area (Å²) in [5, 5.41) is 24.3. The molecule has 0 amide bonds. The zero-order chi connectivity index (χ0) is 41.9. The number of aromatic nitrogens is 8. The summed E-state index contributed by atoms with van der Waals surface area (Å²) in [5.41, 5.74) is 0.776.